The molecule has 0 aliphatic carbocycles. The van der Waals surface area contributed by atoms with Crippen LogP contribution in [0.25, 0.3) is 0 Å². The molecule has 0 aliphatic heterocycles. The van der Waals surface area contributed by atoms with Crippen LogP contribution in [-0.2, 0) is 9.59 Å². The summed E-state index contributed by atoms with van der Waals surface area (Å²) in [5.74, 6) is -0.339. The zero-order valence-electron chi connectivity index (χ0n) is 19.4. The molecule has 0 bridgehead atoms. The third-order valence-electron chi connectivity index (χ3n) is 5.52. The molecule has 0 radical (unpaired) electrons. The molecule has 0 saturated carbocycles. The number of likely N-dealkylation sites (N-methyl/N-ethyl adjacent to an activating group) is 1. The molecule has 0 aliphatic rings. The minimum Gasteiger partial charge on any atom is -0.325 e. The Balaban J connectivity index is 1.80. The van der Waals surface area contributed by atoms with Gasteiger partial charge in [0.15, 0.2) is 0 Å². The van der Waals surface area contributed by atoms with Crippen LogP contribution in [0.4, 0.5) is 11.4 Å². The number of aryl methyl sites for hydroxylation is 4. The molecule has 0 saturated heterocycles. The topological polar surface area (TPSA) is 61.4 Å². The van der Waals surface area contributed by atoms with E-state index in [1.54, 1.807) is 11.9 Å². The van der Waals surface area contributed by atoms with Crippen molar-refractivity contribution in [3.05, 3.63) is 94.5 Å². The third kappa shape index (κ3) is 5.83. The van der Waals surface area contributed by atoms with E-state index in [1.165, 1.54) is 0 Å². The molecule has 0 fully saturated rings. The number of rotatable bonds is 7. The number of nitrogens with one attached hydrogen (secondary N) is 2. The van der Waals surface area contributed by atoms with E-state index in [0.29, 0.717) is 0 Å². The van der Waals surface area contributed by atoms with E-state index in [9.17, 15) is 9.59 Å². The van der Waals surface area contributed by atoms with Crippen LogP contribution in [0, 0.1) is 27.7 Å². The zero-order valence-corrected chi connectivity index (χ0v) is 19.4. The van der Waals surface area contributed by atoms with Gasteiger partial charge in [0.05, 0.1) is 6.54 Å². The van der Waals surface area contributed by atoms with Gasteiger partial charge in [0.25, 0.3) is 0 Å². The quantitative estimate of drug-likeness (QED) is 0.545. The Kier molecular flexibility index (Phi) is 7.44. The van der Waals surface area contributed by atoms with Gasteiger partial charge in [0.2, 0.25) is 11.8 Å². The number of hydrogen-bond donors (Lipinski definition) is 2. The van der Waals surface area contributed by atoms with Crippen molar-refractivity contribution in [2.24, 2.45) is 0 Å². The van der Waals surface area contributed by atoms with Crippen molar-refractivity contribution in [1.82, 2.24) is 4.90 Å². The molecule has 3 aromatic carbocycles. The summed E-state index contributed by atoms with van der Waals surface area (Å²) in [6.07, 6.45) is 0. The van der Waals surface area contributed by atoms with Gasteiger partial charge < -0.3 is 10.6 Å². The second-order valence-corrected chi connectivity index (χ2v) is 8.40. The first kappa shape index (κ1) is 23.2. The first-order chi connectivity index (χ1) is 15.2. The lowest BCUT2D eigenvalue weighted by molar-refractivity contribution is -0.123. The van der Waals surface area contributed by atoms with E-state index < -0.39 is 6.04 Å². The Morgan fingerprint density at radius 1 is 0.781 bits per heavy atom. The average molecular weight is 430 g/mol. The molecule has 166 valence electrons. The molecule has 2 N–H and O–H groups in total. The second-order valence-electron chi connectivity index (χ2n) is 8.40. The molecule has 0 spiro atoms. The third-order valence-corrected chi connectivity index (χ3v) is 5.52. The highest BCUT2D eigenvalue weighted by atomic mass is 16.2. The van der Waals surface area contributed by atoms with Crippen molar-refractivity contribution in [3.63, 3.8) is 0 Å². The van der Waals surface area contributed by atoms with Crippen LogP contribution < -0.4 is 10.6 Å². The summed E-state index contributed by atoms with van der Waals surface area (Å²) in [4.78, 5) is 28.0. The van der Waals surface area contributed by atoms with Gasteiger partial charge in [-0.15, -0.1) is 0 Å². The van der Waals surface area contributed by atoms with Crippen LogP contribution >= 0.6 is 0 Å². The van der Waals surface area contributed by atoms with Gasteiger partial charge in [-0.25, -0.2) is 0 Å². The first-order valence-electron chi connectivity index (χ1n) is 10.7. The van der Waals surface area contributed by atoms with Crippen LogP contribution in [0.5, 0.6) is 0 Å². The summed E-state index contributed by atoms with van der Waals surface area (Å²) >= 11 is 0. The Labute approximate surface area is 190 Å². The predicted molar refractivity (Wildman–Crippen MR) is 131 cm³/mol. The lowest BCUT2D eigenvalue weighted by Crippen LogP contribution is -2.39. The fraction of sp³-hybridized carbons (Fsp3) is 0.259. The standard InChI is InChI=1S/C27H31N3O2/c1-18-11-13-20(3)23(15-18)28-25(31)17-30(5)26(22-9-7-6-8-10-22)27(32)29-24-16-19(2)12-14-21(24)4/h6-16,26H,17H2,1-5H3,(H,28,31)(H,29,32)/t26-/m0/s1. The SMILES string of the molecule is Cc1ccc(C)c(NC(=O)CN(C)[C@H](C(=O)Nc2cc(C)ccc2C)c2ccccc2)c1. The Morgan fingerprint density at radius 2 is 1.31 bits per heavy atom. The summed E-state index contributed by atoms with van der Waals surface area (Å²) in [6, 6.07) is 20.8. The van der Waals surface area contributed by atoms with Gasteiger partial charge in [0, 0.05) is 11.4 Å². The average Bonchev–Trinajstić information content (AvgIpc) is 2.74. The summed E-state index contributed by atoms with van der Waals surface area (Å²) in [5, 5.41) is 6.04. The van der Waals surface area contributed by atoms with Crippen LogP contribution in [0.2, 0.25) is 0 Å². The monoisotopic (exact) mass is 429 g/mol. The number of nitrogens with zero attached hydrogens (tertiary/aromatic N) is 1. The van der Waals surface area contributed by atoms with E-state index in [0.717, 1.165) is 39.2 Å². The molecular weight excluding hydrogens is 398 g/mol. The van der Waals surface area contributed by atoms with Crippen molar-refractivity contribution in [1.29, 1.82) is 0 Å². The highest BCUT2D eigenvalue weighted by Crippen LogP contribution is 2.24. The summed E-state index contributed by atoms with van der Waals surface area (Å²) in [6.45, 7) is 7.99. The minimum absolute atomic E-state index is 0.0766. The minimum atomic E-state index is -0.611. The van der Waals surface area contributed by atoms with Crippen molar-refractivity contribution in [2.75, 3.05) is 24.2 Å². The highest BCUT2D eigenvalue weighted by Gasteiger charge is 2.27. The number of amides is 2. The number of carbonyl (C=O) groups is 2. The van der Waals surface area contributed by atoms with E-state index >= 15 is 0 Å². The molecule has 32 heavy (non-hydrogen) atoms. The summed E-state index contributed by atoms with van der Waals surface area (Å²) in [7, 11) is 1.79. The fourth-order valence-corrected chi connectivity index (χ4v) is 3.69. The molecular formula is C27H31N3O2. The predicted octanol–water partition coefficient (Wildman–Crippen LogP) is 5.17. The molecule has 1 atom stereocenters. The molecule has 0 aromatic heterocycles. The molecule has 0 unspecified atom stereocenters. The Hall–Kier alpha value is -3.44. The second kappa shape index (κ2) is 10.2. The van der Waals surface area contributed by atoms with E-state index in [2.05, 4.69) is 10.6 Å². The van der Waals surface area contributed by atoms with Crippen LogP contribution in [0.1, 0.15) is 33.9 Å². The molecule has 3 aromatic rings. The van der Waals surface area contributed by atoms with Crippen LogP contribution in [0.15, 0.2) is 66.7 Å². The molecule has 2 amide bonds. The lowest BCUT2D eigenvalue weighted by Gasteiger charge is -2.27. The van der Waals surface area contributed by atoms with Gasteiger partial charge in [-0.3, -0.25) is 14.5 Å². The Morgan fingerprint density at radius 3 is 1.88 bits per heavy atom. The van der Waals surface area contributed by atoms with Crippen LogP contribution in [0.3, 0.4) is 0 Å². The maximum atomic E-state index is 13.4. The van der Waals surface area contributed by atoms with E-state index in [4.69, 9.17) is 0 Å². The molecule has 3 rings (SSSR count). The van der Waals surface area contributed by atoms with Gasteiger partial charge in [-0.05, 0) is 74.7 Å². The van der Waals surface area contributed by atoms with Crippen LogP contribution in [-0.4, -0.2) is 30.3 Å². The van der Waals surface area contributed by atoms with Gasteiger partial charge >= 0.3 is 0 Å². The number of carbonyl (C=O) groups excluding carboxylic acids is 2. The normalized spacial score (nSPS) is 11.8. The molecule has 5 nitrogen and oxygen atoms in total. The van der Waals surface area contributed by atoms with Gasteiger partial charge in [-0.2, -0.15) is 0 Å². The lowest BCUT2D eigenvalue weighted by atomic mass is 10.0. The maximum Gasteiger partial charge on any atom is 0.246 e. The smallest absolute Gasteiger partial charge is 0.246 e. The molecule has 0 heterocycles. The summed E-state index contributed by atoms with van der Waals surface area (Å²) < 4.78 is 0. The van der Waals surface area contributed by atoms with Crippen molar-refractivity contribution in [2.45, 2.75) is 33.7 Å². The zero-order chi connectivity index (χ0) is 23.3. The number of hydrogen-bond acceptors (Lipinski definition) is 3. The van der Waals surface area contributed by atoms with Crippen molar-refractivity contribution >= 4 is 23.2 Å². The fourth-order valence-electron chi connectivity index (χ4n) is 3.69. The van der Waals surface area contributed by atoms with Gasteiger partial charge in [0.1, 0.15) is 6.04 Å². The highest BCUT2D eigenvalue weighted by molar-refractivity contribution is 5.97. The maximum absolute atomic E-state index is 13.4. The van der Waals surface area contributed by atoms with Crippen molar-refractivity contribution in [3.8, 4) is 0 Å². The Bertz CT molecular complexity index is 1110. The van der Waals surface area contributed by atoms with E-state index in [-0.39, 0.29) is 18.4 Å². The number of benzene rings is 3. The first-order valence-corrected chi connectivity index (χ1v) is 10.7. The number of anilines is 2. The van der Waals surface area contributed by atoms with E-state index in [1.807, 2.05) is 94.4 Å². The largest absolute Gasteiger partial charge is 0.325 e. The van der Waals surface area contributed by atoms with Gasteiger partial charge in [-0.1, -0.05) is 54.6 Å². The molecule has 5 heteroatoms. The summed E-state index contributed by atoms with van der Waals surface area (Å²) in [5.41, 5.74) is 6.55. The van der Waals surface area contributed by atoms with Crippen molar-refractivity contribution < 1.29 is 9.59 Å².